The van der Waals surface area contributed by atoms with Gasteiger partial charge in [0.25, 0.3) is 0 Å². The maximum absolute atomic E-state index is 12.9. The summed E-state index contributed by atoms with van der Waals surface area (Å²) in [6.07, 6.45) is 4.27. The van der Waals surface area contributed by atoms with Crippen LogP contribution in [-0.4, -0.2) is 27.6 Å². The van der Waals surface area contributed by atoms with Gasteiger partial charge in [0.1, 0.15) is 11.1 Å². The third-order valence-corrected chi connectivity index (χ3v) is 6.00. The lowest BCUT2D eigenvalue weighted by atomic mass is 9.64. The van der Waals surface area contributed by atoms with Crippen LogP contribution in [-0.2, 0) is 9.59 Å². The molecule has 1 aromatic heterocycles. The number of oxime groups is 1. The molecule has 2 saturated carbocycles. The number of carbonyl (C=O) groups excluding carboxylic acids is 2. The Bertz CT molecular complexity index is 683. The molecule has 0 radical (unpaired) electrons. The van der Waals surface area contributed by atoms with E-state index in [1.807, 2.05) is 20.8 Å². The summed E-state index contributed by atoms with van der Waals surface area (Å²) < 4.78 is 0. The molecule has 0 saturated heterocycles. The van der Waals surface area contributed by atoms with Crippen molar-refractivity contribution in [3.63, 3.8) is 0 Å². The molecule has 2 aliphatic rings. The molecule has 3 rings (SSSR count). The maximum Gasteiger partial charge on any atom is 0.239 e. The third kappa shape index (κ3) is 1.44. The molecule has 0 spiro atoms. The predicted molar refractivity (Wildman–Crippen MR) is 80.7 cm³/mol. The first-order valence-corrected chi connectivity index (χ1v) is 7.30. The molecule has 2 atom stereocenters. The molecular formula is C16H19N3O3. The molecule has 6 nitrogen and oxygen atoms in total. The fourth-order valence-corrected chi connectivity index (χ4v) is 4.13. The second kappa shape index (κ2) is 4.38. The number of nitrogens with one attached hydrogen (secondary N) is 1. The van der Waals surface area contributed by atoms with E-state index in [0.29, 0.717) is 18.5 Å². The summed E-state index contributed by atoms with van der Waals surface area (Å²) in [5.74, 6) is -0.698. The number of hydrogen-bond donors (Lipinski definition) is 2. The first kappa shape index (κ1) is 14.7. The van der Waals surface area contributed by atoms with Crippen LogP contribution in [0.15, 0.2) is 29.7 Å². The molecule has 2 aliphatic carbocycles. The second-order valence-corrected chi connectivity index (χ2v) is 6.83. The Labute approximate surface area is 128 Å². The van der Waals surface area contributed by atoms with Crippen LogP contribution < -0.4 is 5.32 Å². The minimum Gasteiger partial charge on any atom is -0.411 e. The third-order valence-electron chi connectivity index (χ3n) is 6.00. The molecule has 2 bridgehead atoms. The highest BCUT2D eigenvalue weighted by Gasteiger charge is 2.76. The van der Waals surface area contributed by atoms with Gasteiger partial charge in [-0.15, -0.1) is 0 Å². The van der Waals surface area contributed by atoms with Crippen molar-refractivity contribution in [2.45, 2.75) is 33.6 Å². The first-order chi connectivity index (χ1) is 10.3. The SMILES string of the molecule is CC12CCC(C(=O)Nc3ccncc3)(C(=O)/C1=N\O)C2(C)C. The van der Waals surface area contributed by atoms with Crippen molar-refractivity contribution in [1.29, 1.82) is 0 Å². The van der Waals surface area contributed by atoms with Gasteiger partial charge in [-0.25, -0.2) is 0 Å². The van der Waals surface area contributed by atoms with Crippen molar-refractivity contribution < 1.29 is 14.8 Å². The molecule has 22 heavy (non-hydrogen) atoms. The lowest BCUT2D eigenvalue weighted by Crippen LogP contribution is -2.47. The number of aromatic nitrogens is 1. The van der Waals surface area contributed by atoms with Gasteiger partial charge in [-0.05, 0) is 30.4 Å². The number of pyridine rings is 1. The molecular weight excluding hydrogens is 282 g/mol. The van der Waals surface area contributed by atoms with E-state index in [4.69, 9.17) is 0 Å². The fourth-order valence-electron chi connectivity index (χ4n) is 4.13. The standard InChI is InChI=1S/C16H19N3O3/c1-14(2)15(3)6-7-16(14,12(20)11(15)19-22)13(21)18-10-4-8-17-9-5-10/h4-5,8-9,22H,6-7H2,1-3H3,(H,17,18,21)/b19-11+. The van der Waals surface area contributed by atoms with Crippen molar-refractivity contribution in [3.8, 4) is 0 Å². The smallest absolute Gasteiger partial charge is 0.239 e. The number of Topliss-reactive ketones (excluding diaryl/α,β-unsaturated/α-hetero) is 1. The highest BCUT2D eigenvalue weighted by atomic mass is 16.4. The number of carbonyl (C=O) groups is 2. The van der Waals surface area contributed by atoms with Gasteiger partial charge in [0.15, 0.2) is 5.78 Å². The summed E-state index contributed by atoms with van der Waals surface area (Å²) in [4.78, 5) is 29.6. The summed E-state index contributed by atoms with van der Waals surface area (Å²) in [5.41, 5.74) is -1.67. The average molecular weight is 301 g/mol. The zero-order valence-corrected chi connectivity index (χ0v) is 12.9. The Morgan fingerprint density at radius 2 is 1.91 bits per heavy atom. The number of rotatable bonds is 2. The summed E-state index contributed by atoms with van der Waals surface area (Å²) >= 11 is 0. The van der Waals surface area contributed by atoms with Crippen molar-refractivity contribution in [1.82, 2.24) is 4.98 Å². The number of nitrogens with zero attached hydrogens (tertiary/aromatic N) is 2. The zero-order chi connectivity index (χ0) is 16.2. The number of hydrogen-bond acceptors (Lipinski definition) is 5. The Hall–Kier alpha value is -2.24. The van der Waals surface area contributed by atoms with E-state index in [1.54, 1.807) is 24.5 Å². The molecule has 1 heterocycles. The molecule has 0 aromatic carbocycles. The van der Waals surface area contributed by atoms with Gasteiger partial charge in [-0.1, -0.05) is 25.9 Å². The van der Waals surface area contributed by atoms with E-state index >= 15 is 0 Å². The molecule has 1 aromatic rings. The quantitative estimate of drug-likeness (QED) is 0.498. The van der Waals surface area contributed by atoms with Crippen LogP contribution in [0, 0.1) is 16.2 Å². The Kier molecular flexibility index (Phi) is 2.92. The predicted octanol–water partition coefficient (Wildman–Crippen LogP) is 2.25. The average Bonchev–Trinajstić information content (AvgIpc) is 2.76. The second-order valence-electron chi connectivity index (χ2n) is 6.83. The lowest BCUT2D eigenvalue weighted by molar-refractivity contribution is -0.140. The molecule has 116 valence electrons. The summed E-state index contributed by atoms with van der Waals surface area (Å²) in [6, 6.07) is 3.35. The van der Waals surface area contributed by atoms with Crippen LogP contribution in [0.5, 0.6) is 0 Å². The van der Waals surface area contributed by atoms with Crippen LogP contribution >= 0.6 is 0 Å². The largest absolute Gasteiger partial charge is 0.411 e. The monoisotopic (exact) mass is 301 g/mol. The minimum atomic E-state index is -1.19. The van der Waals surface area contributed by atoms with Gasteiger partial charge in [0.2, 0.25) is 5.91 Å². The van der Waals surface area contributed by atoms with Crippen LogP contribution in [0.4, 0.5) is 5.69 Å². The highest BCUT2D eigenvalue weighted by Crippen LogP contribution is 2.69. The van der Waals surface area contributed by atoms with E-state index in [2.05, 4.69) is 15.5 Å². The van der Waals surface area contributed by atoms with Crippen LogP contribution in [0.3, 0.4) is 0 Å². The molecule has 2 N–H and O–H groups in total. The summed E-state index contributed by atoms with van der Waals surface area (Å²) in [5, 5.41) is 15.3. The molecule has 2 unspecified atom stereocenters. The van der Waals surface area contributed by atoms with Gasteiger partial charge in [0.05, 0.1) is 0 Å². The Balaban J connectivity index is 2.05. The lowest BCUT2D eigenvalue weighted by Gasteiger charge is -2.37. The topological polar surface area (TPSA) is 91.7 Å². The van der Waals surface area contributed by atoms with Gasteiger partial charge >= 0.3 is 0 Å². The summed E-state index contributed by atoms with van der Waals surface area (Å²) in [6.45, 7) is 5.71. The van der Waals surface area contributed by atoms with Crippen molar-refractivity contribution in [2.24, 2.45) is 21.4 Å². The fraction of sp³-hybridized carbons (Fsp3) is 0.500. The Morgan fingerprint density at radius 1 is 1.27 bits per heavy atom. The number of anilines is 1. The maximum atomic E-state index is 12.9. The first-order valence-electron chi connectivity index (χ1n) is 7.30. The molecule has 0 aliphatic heterocycles. The van der Waals surface area contributed by atoms with Gasteiger partial charge < -0.3 is 10.5 Å². The zero-order valence-electron chi connectivity index (χ0n) is 12.9. The summed E-state index contributed by atoms with van der Waals surface area (Å²) in [7, 11) is 0. The van der Waals surface area contributed by atoms with Crippen LogP contribution in [0.2, 0.25) is 0 Å². The number of amides is 1. The highest BCUT2D eigenvalue weighted by molar-refractivity contribution is 6.51. The van der Waals surface area contributed by atoms with Crippen LogP contribution in [0.25, 0.3) is 0 Å². The van der Waals surface area contributed by atoms with E-state index in [9.17, 15) is 14.8 Å². The molecule has 1 amide bonds. The van der Waals surface area contributed by atoms with Crippen molar-refractivity contribution in [2.75, 3.05) is 5.32 Å². The Morgan fingerprint density at radius 3 is 2.45 bits per heavy atom. The molecule has 6 heteroatoms. The van der Waals surface area contributed by atoms with Crippen molar-refractivity contribution >= 4 is 23.1 Å². The van der Waals surface area contributed by atoms with E-state index in [-0.39, 0.29) is 17.4 Å². The van der Waals surface area contributed by atoms with Gasteiger partial charge in [-0.3, -0.25) is 14.6 Å². The minimum absolute atomic E-state index is 0.119. The van der Waals surface area contributed by atoms with E-state index < -0.39 is 16.2 Å². The van der Waals surface area contributed by atoms with Gasteiger partial charge in [-0.2, -0.15) is 0 Å². The van der Waals surface area contributed by atoms with Crippen molar-refractivity contribution in [3.05, 3.63) is 24.5 Å². The van der Waals surface area contributed by atoms with Crippen LogP contribution in [0.1, 0.15) is 33.6 Å². The molecule has 2 fully saturated rings. The van der Waals surface area contributed by atoms with E-state index in [1.165, 1.54) is 0 Å². The normalized spacial score (nSPS) is 34.1. The number of ketones is 1. The number of fused-ring (bicyclic) bond motifs is 2. The van der Waals surface area contributed by atoms with Gasteiger partial charge in [0, 0.05) is 23.5 Å². The van der Waals surface area contributed by atoms with E-state index in [0.717, 1.165) is 0 Å².